The van der Waals surface area contributed by atoms with E-state index in [0.29, 0.717) is 19.1 Å². The third-order valence-electron chi connectivity index (χ3n) is 2.03. The van der Waals surface area contributed by atoms with Crippen molar-refractivity contribution in [3.63, 3.8) is 0 Å². The van der Waals surface area contributed by atoms with Gasteiger partial charge in [0, 0.05) is 33.8 Å². The highest BCUT2D eigenvalue weighted by molar-refractivity contribution is 6.60. The summed E-state index contributed by atoms with van der Waals surface area (Å²) in [5, 5.41) is 0. The van der Waals surface area contributed by atoms with Crippen molar-refractivity contribution in [2.45, 2.75) is 18.9 Å². The average molecular weight is 235 g/mol. The van der Waals surface area contributed by atoms with Gasteiger partial charge in [-0.25, -0.2) is 0 Å². The molecule has 0 bridgehead atoms. The molecule has 0 aromatic heterocycles. The lowest BCUT2D eigenvalue weighted by Crippen LogP contribution is -2.42. The summed E-state index contributed by atoms with van der Waals surface area (Å²) in [6.07, 6.45) is 0.814. The molecular formula is C9H19O5Si. The van der Waals surface area contributed by atoms with Crippen LogP contribution in [0, 0.1) is 6.92 Å². The van der Waals surface area contributed by atoms with Gasteiger partial charge in [0.1, 0.15) is 0 Å². The number of hydrogen-bond donors (Lipinski definition) is 0. The fraction of sp³-hybridized carbons (Fsp3) is 0.778. The molecule has 1 radical (unpaired) electrons. The lowest BCUT2D eigenvalue weighted by molar-refractivity contribution is -0.142. The molecule has 0 fully saturated rings. The lowest BCUT2D eigenvalue weighted by Gasteiger charge is -2.24. The van der Waals surface area contributed by atoms with Gasteiger partial charge >= 0.3 is 14.8 Å². The molecule has 0 rings (SSSR count). The molecule has 5 nitrogen and oxygen atoms in total. The van der Waals surface area contributed by atoms with Crippen LogP contribution in [0.5, 0.6) is 0 Å². The van der Waals surface area contributed by atoms with Crippen LogP contribution >= 0.6 is 0 Å². The SMILES string of the molecule is [CH2]CC(=O)OCCC[Si](OC)(OC)OC. The highest BCUT2D eigenvalue weighted by Crippen LogP contribution is 2.14. The van der Waals surface area contributed by atoms with Crippen LogP contribution in [0.4, 0.5) is 0 Å². The third-order valence-corrected chi connectivity index (χ3v) is 4.86. The summed E-state index contributed by atoms with van der Waals surface area (Å²) in [4.78, 5) is 10.8. The fourth-order valence-electron chi connectivity index (χ4n) is 1.10. The Morgan fingerprint density at radius 2 is 1.73 bits per heavy atom. The Bertz CT molecular complexity index is 173. The van der Waals surface area contributed by atoms with Gasteiger partial charge in [-0.2, -0.15) is 0 Å². The van der Waals surface area contributed by atoms with Crippen molar-refractivity contribution in [1.29, 1.82) is 0 Å². The highest BCUT2D eigenvalue weighted by Gasteiger charge is 2.36. The molecule has 0 heterocycles. The molecule has 0 saturated heterocycles. The van der Waals surface area contributed by atoms with Crippen molar-refractivity contribution in [3.8, 4) is 0 Å². The van der Waals surface area contributed by atoms with Gasteiger partial charge in [-0.05, 0) is 13.3 Å². The van der Waals surface area contributed by atoms with E-state index >= 15 is 0 Å². The predicted octanol–water partition coefficient (Wildman–Crippen LogP) is 1.02. The Morgan fingerprint density at radius 3 is 2.13 bits per heavy atom. The minimum absolute atomic E-state index is 0.154. The zero-order chi connectivity index (χ0) is 11.7. The van der Waals surface area contributed by atoms with Crippen LogP contribution in [-0.2, 0) is 22.8 Å². The summed E-state index contributed by atoms with van der Waals surface area (Å²) in [5.41, 5.74) is 0. The maximum atomic E-state index is 10.8. The van der Waals surface area contributed by atoms with Crippen molar-refractivity contribution < 1.29 is 22.8 Å². The lowest BCUT2D eigenvalue weighted by atomic mass is 10.5. The van der Waals surface area contributed by atoms with Gasteiger partial charge in [-0.15, -0.1) is 0 Å². The van der Waals surface area contributed by atoms with E-state index in [-0.39, 0.29) is 12.4 Å². The Labute approximate surface area is 92.0 Å². The molecule has 0 aromatic rings. The maximum Gasteiger partial charge on any atom is 0.500 e. The van der Waals surface area contributed by atoms with Crippen molar-refractivity contribution in [1.82, 2.24) is 0 Å². The first-order valence-electron chi connectivity index (χ1n) is 4.74. The summed E-state index contributed by atoms with van der Waals surface area (Å²) in [6, 6.07) is 0.626. The van der Waals surface area contributed by atoms with Gasteiger partial charge in [0.2, 0.25) is 0 Å². The van der Waals surface area contributed by atoms with Crippen molar-refractivity contribution in [3.05, 3.63) is 6.92 Å². The number of hydrogen-bond acceptors (Lipinski definition) is 5. The molecule has 15 heavy (non-hydrogen) atoms. The summed E-state index contributed by atoms with van der Waals surface area (Å²) in [6.45, 7) is 3.77. The molecule has 0 aliphatic carbocycles. The molecule has 0 amide bonds. The zero-order valence-electron chi connectivity index (χ0n) is 9.58. The van der Waals surface area contributed by atoms with Crippen LogP contribution in [0.25, 0.3) is 0 Å². The first-order valence-corrected chi connectivity index (χ1v) is 6.67. The van der Waals surface area contributed by atoms with Gasteiger partial charge < -0.3 is 18.0 Å². The second-order valence-electron chi connectivity index (χ2n) is 2.87. The Morgan fingerprint density at radius 1 is 1.20 bits per heavy atom. The van der Waals surface area contributed by atoms with Gasteiger partial charge in [0.05, 0.1) is 6.61 Å². The maximum absolute atomic E-state index is 10.8. The monoisotopic (exact) mass is 235 g/mol. The minimum atomic E-state index is -2.51. The third kappa shape index (κ3) is 5.27. The first-order chi connectivity index (χ1) is 7.14. The van der Waals surface area contributed by atoms with Crippen molar-refractivity contribution in [2.24, 2.45) is 0 Å². The molecule has 0 unspecified atom stereocenters. The van der Waals surface area contributed by atoms with Gasteiger partial charge in [-0.3, -0.25) is 4.79 Å². The molecule has 0 N–H and O–H groups in total. The highest BCUT2D eigenvalue weighted by atomic mass is 28.4. The van der Waals surface area contributed by atoms with Gasteiger partial charge in [0.15, 0.2) is 0 Å². The molecule has 89 valence electrons. The molecular weight excluding hydrogens is 216 g/mol. The van der Waals surface area contributed by atoms with Crippen LogP contribution in [0.15, 0.2) is 0 Å². The van der Waals surface area contributed by atoms with Gasteiger partial charge in [0.25, 0.3) is 0 Å². The van der Waals surface area contributed by atoms with Gasteiger partial charge in [-0.1, -0.05) is 0 Å². The second kappa shape index (κ2) is 7.81. The number of carbonyl (C=O) groups is 1. The fourth-order valence-corrected chi connectivity index (χ4v) is 2.79. The van der Waals surface area contributed by atoms with Crippen LogP contribution in [0.1, 0.15) is 12.8 Å². The average Bonchev–Trinajstić information content (AvgIpc) is 2.30. The van der Waals surface area contributed by atoms with Crippen molar-refractivity contribution in [2.75, 3.05) is 27.9 Å². The van der Waals surface area contributed by atoms with E-state index in [0.717, 1.165) is 0 Å². The van der Waals surface area contributed by atoms with Crippen LogP contribution in [0.2, 0.25) is 6.04 Å². The van der Waals surface area contributed by atoms with E-state index in [9.17, 15) is 4.79 Å². The standard InChI is InChI=1S/C9H19O5Si/c1-5-9(10)14-7-6-8-15(11-2,12-3)13-4/h1,5-8H2,2-4H3. The molecule has 0 aromatic carbocycles. The van der Waals surface area contributed by atoms with E-state index in [4.69, 9.17) is 18.0 Å². The molecule has 0 saturated carbocycles. The summed E-state index contributed by atoms with van der Waals surface area (Å²) < 4.78 is 20.5. The number of esters is 1. The van der Waals surface area contributed by atoms with Crippen molar-refractivity contribution >= 4 is 14.8 Å². The molecule has 0 atom stereocenters. The number of rotatable bonds is 8. The van der Waals surface area contributed by atoms with E-state index in [1.807, 2.05) is 0 Å². The summed E-state index contributed by atoms with van der Waals surface area (Å²) in [5.74, 6) is -0.297. The smallest absolute Gasteiger partial charge is 0.466 e. The Kier molecular flexibility index (Phi) is 7.58. The number of ether oxygens (including phenoxy) is 1. The summed E-state index contributed by atoms with van der Waals surface area (Å²) in [7, 11) is 2.16. The minimum Gasteiger partial charge on any atom is -0.466 e. The summed E-state index contributed by atoms with van der Waals surface area (Å²) >= 11 is 0. The quantitative estimate of drug-likeness (QED) is 0.357. The van der Waals surface area contributed by atoms with E-state index in [2.05, 4.69) is 6.92 Å². The Balaban J connectivity index is 3.76. The largest absolute Gasteiger partial charge is 0.500 e. The van der Waals surface area contributed by atoms with E-state index < -0.39 is 8.80 Å². The first kappa shape index (κ1) is 14.6. The molecule has 0 aliphatic heterocycles. The van der Waals surface area contributed by atoms with Crippen LogP contribution in [-0.4, -0.2) is 42.7 Å². The molecule has 0 aliphatic rings. The van der Waals surface area contributed by atoms with Crippen LogP contribution in [0.3, 0.4) is 0 Å². The topological polar surface area (TPSA) is 54.0 Å². The normalized spacial score (nSPS) is 11.5. The molecule has 0 spiro atoms. The zero-order valence-corrected chi connectivity index (χ0v) is 10.6. The van der Waals surface area contributed by atoms with E-state index in [1.54, 1.807) is 21.3 Å². The number of carbonyl (C=O) groups excluding carboxylic acids is 1. The molecule has 6 heteroatoms. The van der Waals surface area contributed by atoms with Crippen LogP contribution < -0.4 is 0 Å². The Hall–Kier alpha value is -0.433. The predicted molar refractivity (Wildman–Crippen MR) is 57.1 cm³/mol. The second-order valence-corrected chi connectivity index (χ2v) is 5.96. The van der Waals surface area contributed by atoms with E-state index in [1.165, 1.54) is 0 Å².